The Balaban J connectivity index is 2.26. The van der Waals surface area contributed by atoms with Gasteiger partial charge in [0.05, 0.1) is 0 Å². The molecule has 0 unspecified atom stereocenters. The van der Waals surface area contributed by atoms with E-state index in [4.69, 9.17) is 0 Å². The predicted octanol–water partition coefficient (Wildman–Crippen LogP) is 2.26. The largest absolute Gasteiger partial charge is 0.299 e. The second kappa shape index (κ2) is 1.88. The first kappa shape index (κ1) is 7.33. The van der Waals surface area contributed by atoms with Crippen LogP contribution in [0.4, 0.5) is 0 Å². The summed E-state index contributed by atoms with van der Waals surface area (Å²) >= 11 is 0. The summed E-state index contributed by atoms with van der Waals surface area (Å²) in [7, 11) is 0. The van der Waals surface area contributed by atoms with Crippen molar-refractivity contribution in [3.8, 4) is 0 Å². The van der Waals surface area contributed by atoms with Crippen LogP contribution in [-0.2, 0) is 4.79 Å². The summed E-state index contributed by atoms with van der Waals surface area (Å²) in [4.78, 5) is 11.6. The molecule has 0 spiro atoms. The molecule has 2 fully saturated rings. The van der Waals surface area contributed by atoms with Crippen LogP contribution in [0, 0.1) is 23.2 Å². The van der Waals surface area contributed by atoms with Crippen LogP contribution in [0.25, 0.3) is 0 Å². The third-order valence-corrected chi connectivity index (χ3v) is 3.80. The quantitative estimate of drug-likeness (QED) is 0.563. The van der Waals surface area contributed by atoms with E-state index >= 15 is 0 Å². The molecule has 0 saturated heterocycles. The Morgan fingerprint density at radius 3 is 2.36 bits per heavy atom. The average molecular weight is 152 g/mol. The van der Waals surface area contributed by atoms with Crippen LogP contribution in [0.15, 0.2) is 0 Å². The van der Waals surface area contributed by atoms with Gasteiger partial charge in [0.1, 0.15) is 5.78 Å². The molecule has 1 nitrogen and oxygen atoms in total. The first-order valence-corrected chi connectivity index (χ1v) is 4.62. The lowest BCUT2D eigenvalue weighted by molar-refractivity contribution is -0.124. The molecule has 0 aliphatic heterocycles. The van der Waals surface area contributed by atoms with E-state index in [-0.39, 0.29) is 5.41 Å². The van der Waals surface area contributed by atoms with Gasteiger partial charge < -0.3 is 0 Å². The maximum absolute atomic E-state index is 11.6. The van der Waals surface area contributed by atoms with Gasteiger partial charge in [-0.3, -0.25) is 4.79 Å². The summed E-state index contributed by atoms with van der Waals surface area (Å²) in [6.07, 6.45) is 2.04. The summed E-state index contributed by atoms with van der Waals surface area (Å²) in [5.41, 5.74) is 0.152. The Labute approximate surface area is 68.2 Å². The van der Waals surface area contributed by atoms with Crippen molar-refractivity contribution in [3.05, 3.63) is 0 Å². The molecule has 0 heterocycles. The average Bonchev–Trinajstić information content (AvgIpc) is 2.56. The van der Waals surface area contributed by atoms with E-state index in [9.17, 15) is 4.79 Å². The van der Waals surface area contributed by atoms with Crippen LogP contribution in [0.3, 0.4) is 0 Å². The minimum absolute atomic E-state index is 0.152. The highest BCUT2D eigenvalue weighted by molar-refractivity contribution is 5.91. The van der Waals surface area contributed by atoms with Crippen molar-refractivity contribution >= 4 is 5.78 Å². The monoisotopic (exact) mass is 152 g/mol. The van der Waals surface area contributed by atoms with E-state index in [1.54, 1.807) is 0 Å². The Morgan fingerprint density at radius 2 is 2.18 bits per heavy atom. The SMILES string of the molecule is CC(C)[C@]12C[C@@H]1[C@@H](C)CC2=O. The second-order valence-corrected chi connectivity index (χ2v) is 4.61. The second-order valence-electron chi connectivity index (χ2n) is 4.61. The first-order chi connectivity index (χ1) is 5.09. The van der Waals surface area contributed by atoms with Crippen molar-refractivity contribution in [2.45, 2.75) is 33.6 Å². The van der Waals surface area contributed by atoms with Crippen LogP contribution in [0.2, 0.25) is 0 Å². The van der Waals surface area contributed by atoms with Crippen molar-refractivity contribution in [3.63, 3.8) is 0 Å². The van der Waals surface area contributed by atoms with Crippen LogP contribution >= 0.6 is 0 Å². The summed E-state index contributed by atoms with van der Waals surface area (Å²) < 4.78 is 0. The van der Waals surface area contributed by atoms with Crippen molar-refractivity contribution in [1.29, 1.82) is 0 Å². The minimum atomic E-state index is 0.152. The molecule has 0 aromatic carbocycles. The van der Waals surface area contributed by atoms with Gasteiger partial charge in [0.15, 0.2) is 0 Å². The number of Topliss-reactive ketones (excluding diaryl/α,β-unsaturated/α-hetero) is 1. The van der Waals surface area contributed by atoms with Crippen molar-refractivity contribution in [2.24, 2.45) is 23.2 Å². The molecule has 0 N–H and O–H groups in total. The van der Waals surface area contributed by atoms with E-state index in [0.29, 0.717) is 17.6 Å². The van der Waals surface area contributed by atoms with Crippen LogP contribution in [0.5, 0.6) is 0 Å². The molecule has 2 aliphatic carbocycles. The number of hydrogen-bond donors (Lipinski definition) is 0. The van der Waals surface area contributed by atoms with Crippen LogP contribution < -0.4 is 0 Å². The zero-order valence-electron chi connectivity index (χ0n) is 7.55. The van der Waals surface area contributed by atoms with Crippen LogP contribution in [-0.4, -0.2) is 5.78 Å². The summed E-state index contributed by atoms with van der Waals surface area (Å²) in [6.45, 7) is 6.60. The van der Waals surface area contributed by atoms with Gasteiger partial charge in [-0.15, -0.1) is 0 Å². The highest BCUT2D eigenvalue weighted by atomic mass is 16.1. The number of ketones is 1. The minimum Gasteiger partial charge on any atom is -0.299 e. The summed E-state index contributed by atoms with van der Waals surface area (Å²) in [5, 5.41) is 0. The molecule has 11 heavy (non-hydrogen) atoms. The Kier molecular flexibility index (Phi) is 1.25. The standard InChI is InChI=1S/C10H16O/c1-6(2)10-5-8(10)7(3)4-9(10)11/h6-8H,4-5H2,1-3H3/t7-,8+,10+/m0/s1. The molecule has 0 amide bonds. The van der Waals surface area contributed by atoms with Gasteiger partial charge in [0.25, 0.3) is 0 Å². The molecule has 0 radical (unpaired) electrons. The van der Waals surface area contributed by atoms with E-state index in [0.717, 1.165) is 12.3 Å². The van der Waals surface area contributed by atoms with Crippen molar-refractivity contribution < 1.29 is 4.79 Å². The zero-order chi connectivity index (χ0) is 8.22. The Bertz CT molecular complexity index is 207. The third kappa shape index (κ3) is 0.692. The third-order valence-electron chi connectivity index (χ3n) is 3.80. The maximum Gasteiger partial charge on any atom is 0.139 e. The highest BCUT2D eigenvalue weighted by Crippen LogP contribution is 2.67. The maximum atomic E-state index is 11.6. The molecule has 0 aromatic rings. The molecular formula is C10H16O. The number of hydrogen-bond acceptors (Lipinski definition) is 1. The van der Waals surface area contributed by atoms with Gasteiger partial charge in [0, 0.05) is 11.8 Å². The molecule has 62 valence electrons. The zero-order valence-corrected chi connectivity index (χ0v) is 7.55. The van der Waals surface area contributed by atoms with E-state index in [1.807, 2.05) is 0 Å². The lowest BCUT2D eigenvalue weighted by atomic mass is 9.89. The molecular weight excluding hydrogens is 136 g/mol. The molecule has 2 saturated carbocycles. The number of carbonyl (C=O) groups is 1. The Hall–Kier alpha value is -0.330. The van der Waals surface area contributed by atoms with E-state index in [2.05, 4.69) is 20.8 Å². The van der Waals surface area contributed by atoms with Gasteiger partial charge in [-0.25, -0.2) is 0 Å². The van der Waals surface area contributed by atoms with Crippen LogP contribution in [0.1, 0.15) is 33.6 Å². The molecule has 3 atom stereocenters. The lowest BCUT2D eigenvalue weighted by Crippen LogP contribution is -2.18. The van der Waals surface area contributed by atoms with E-state index < -0.39 is 0 Å². The predicted molar refractivity (Wildman–Crippen MR) is 44.2 cm³/mol. The van der Waals surface area contributed by atoms with Gasteiger partial charge in [-0.2, -0.15) is 0 Å². The number of carbonyl (C=O) groups excluding carboxylic acids is 1. The molecule has 2 rings (SSSR count). The number of fused-ring (bicyclic) bond motifs is 1. The van der Waals surface area contributed by atoms with Crippen molar-refractivity contribution in [2.75, 3.05) is 0 Å². The van der Waals surface area contributed by atoms with E-state index in [1.165, 1.54) is 6.42 Å². The Morgan fingerprint density at radius 1 is 1.55 bits per heavy atom. The summed E-state index contributed by atoms with van der Waals surface area (Å²) in [5.74, 6) is 2.54. The fourth-order valence-electron chi connectivity index (χ4n) is 2.95. The van der Waals surface area contributed by atoms with Gasteiger partial charge in [0.2, 0.25) is 0 Å². The normalized spacial score (nSPS) is 48.2. The topological polar surface area (TPSA) is 17.1 Å². The smallest absolute Gasteiger partial charge is 0.139 e. The fraction of sp³-hybridized carbons (Fsp3) is 0.900. The van der Waals surface area contributed by atoms with Gasteiger partial charge in [-0.05, 0) is 24.2 Å². The first-order valence-electron chi connectivity index (χ1n) is 4.62. The number of rotatable bonds is 1. The molecule has 1 heteroatoms. The van der Waals surface area contributed by atoms with Crippen molar-refractivity contribution in [1.82, 2.24) is 0 Å². The molecule has 0 aromatic heterocycles. The summed E-state index contributed by atoms with van der Waals surface area (Å²) in [6, 6.07) is 0. The van der Waals surface area contributed by atoms with Gasteiger partial charge >= 0.3 is 0 Å². The highest BCUT2D eigenvalue weighted by Gasteiger charge is 2.66. The lowest BCUT2D eigenvalue weighted by Gasteiger charge is -2.14. The van der Waals surface area contributed by atoms with Gasteiger partial charge in [-0.1, -0.05) is 20.8 Å². The molecule has 2 aliphatic rings. The fourth-order valence-corrected chi connectivity index (χ4v) is 2.95. The molecule has 0 bridgehead atoms.